The molecule has 0 saturated carbocycles. The molecule has 130 valence electrons. The number of benzene rings is 1. The van der Waals surface area contributed by atoms with E-state index in [4.69, 9.17) is 15.2 Å². The molecule has 1 fully saturated rings. The van der Waals surface area contributed by atoms with E-state index in [1.807, 2.05) is 49.1 Å². The minimum Gasteiger partial charge on any atom is -0.380 e. The molecule has 0 aromatic heterocycles. The maximum atomic E-state index is 12.7. The van der Waals surface area contributed by atoms with E-state index in [2.05, 4.69) is 0 Å². The second kappa shape index (κ2) is 8.64. The normalized spacial score (nSPS) is 21.4. The van der Waals surface area contributed by atoms with Gasteiger partial charge in [-0.2, -0.15) is 0 Å². The van der Waals surface area contributed by atoms with E-state index in [9.17, 15) is 4.79 Å². The first-order chi connectivity index (χ1) is 10.5. The SMILES string of the molecule is COC(CN)CC(=O)N1CC(c2ccccc2)OCC1(C)C.Cl. The number of ether oxygens (including phenoxy) is 2. The van der Waals surface area contributed by atoms with Crippen molar-refractivity contribution in [3.05, 3.63) is 35.9 Å². The van der Waals surface area contributed by atoms with E-state index in [1.54, 1.807) is 7.11 Å². The molecule has 23 heavy (non-hydrogen) atoms. The third-order valence-corrected chi connectivity index (χ3v) is 4.19. The summed E-state index contributed by atoms with van der Waals surface area (Å²) < 4.78 is 11.2. The first-order valence-electron chi connectivity index (χ1n) is 7.68. The van der Waals surface area contributed by atoms with Crippen LogP contribution < -0.4 is 5.73 Å². The predicted molar refractivity (Wildman–Crippen MR) is 92.6 cm³/mol. The number of amides is 1. The summed E-state index contributed by atoms with van der Waals surface area (Å²) in [6.45, 7) is 5.46. The number of carbonyl (C=O) groups excluding carboxylic acids is 1. The van der Waals surface area contributed by atoms with Gasteiger partial charge < -0.3 is 20.1 Å². The highest BCUT2D eigenvalue weighted by atomic mass is 35.5. The third-order valence-electron chi connectivity index (χ3n) is 4.19. The number of hydrogen-bond acceptors (Lipinski definition) is 4. The van der Waals surface area contributed by atoms with Crippen LogP contribution in [0.3, 0.4) is 0 Å². The van der Waals surface area contributed by atoms with Gasteiger partial charge in [0, 0.05) is 13.7 Å². The third kappa shape index (κ3) is 4.91. The lowest BCUT2D eigenvalue weighted by Gasteiger charge is -2.45. The van der Waals surface area contributed by atoms with Gasteiger partial charge in [0.15, 0.2) is 0 Å². The molecule has 1 aromatic rings. The molecule has 2 rings (SSSR count). The largest absolute Gasteiger partial charge is 0.380 e. The number of morpholine rings is 1. The maximum Gasteiger partial charge on any atom is 0.225 e. The number of halogens is 1. The summed E-state index contributed by atoms with van der Waals surface area (Å²) in [5.74, 6) is 0.0616. The molecule has 1 aliphatic heterocycles. The van der Waals surface area contributed by atoms with E-state index in [-0.39, 0.29) is 36.1 Å². The Morgan fingerprint density at radius 2 is 2.09 bits per heavy atom. The molecule has 5 nitrogen and oxygen atoms in total. The van der Waals surface area contributed by atoms with Crippen LogP contribution in [-0.2, 0) is 14.3 Å². The van der Waals surface area contributed by atoms with Crippen LogP contribution >= 0.6 is 12.4 Å². The fraction of sp³-hybridized carbons (Fsp3) is 0.588. The molecule has 2 atom stereocenters. The van der Waals surface area contributed by atoms with Crippen LogP contribution in [-0.4, -0.2) is 49.3 Å². The Kier molecular flexibility index (Phi) is 7.48. The van der Waals surface area contributed by atoms with Gasteiger partial charge in [-0.15, -0.1) is 12.4 Å². The van der Waals surface area contributed by atoms with Crippen molar-refractivity contribution in [2.75, 3.05) is 26.8 Å². The Hall–Kier alpha value is -1.14. The van der Waals surface area contributed by atoms with Gasteiger partial charge in [-0.25, -0.2) is 0 Å². The zero-order valence-electron chi connectivity index (χ0n) is 14.0. The zero-order chi connectivity index (χ0) is 16.2. The first-order valence-corrected chi connectivity index (χ1v) is 7.68. The van der Waals surface area contributed by atoms with Gasteiger partial charge in [-0.1, -0.05) is 30.3 Å². The summed E-state index contributed by atoms with van der Waals surface area (Å²) in [6.07, 6.45) is -0.0174. The van der Waals surface area contributed by atoms with Crippen LogP contribution in [0.5, 0.6) is 0 Å². The highest BCUT2D eigenvalue weighted by Crippen LogP contribution is 2.30. The summed E-state index contributed by atoms with van der Waals surface area (Å²) in [7, 11) is 1.59. The molecule has 6 heteroatoms. The van der Waals surface area contributed by atoms with Crippen molar-refractivity contribution in [2.45, 2.75) is 38.0 Å². The lowest BCUT2D eigenvalue weighted by Crippen LogP contribution is -2.56. The number of methoxy groups -OCH3 is 1. The number of hydrogen-bond donors (Lipinski definition) is 1. The van der Waals surface area contributed by atoms with Crippen LogP contribution in [0.1, 0.15) is 31.9 Å². The van der Waals surface area contributed by atoms with Gasteiger partial charge in [-0.05, 0) is 19.4 Å². The molecule has 0 radical (unpaired) electrons. The average molecular weight is 343 g/mol. The minimum atomic E-state index is -0.324. The van der Waals surface area contributed by atoms with Gasteiger partial charge in [0.05, 0.1) is 31.2 Å². The van der Waals surface area contributed by atoms with Crippen LogP contribution in [0.2, 0.25) is 0 Å². The molecule has 2 N–H and O–H groups in total. The first kappa shape index (κ1) is 19.9. The molecule has 1 heterocycles. The van der Waals surface area contributed by atoms with E-state index in [0.717, 1.165) is 5.56 Å². The topological polar surface area (TPSA) is 64.8 Å². The zero-order valence-corrected chi connectivity index (χ0v) is 14.8. The summed E-state index contributed by atoms with van der Waals surface area (Å²) in [4.78, 5) is 14.6. The van der Waals surface area contributed by atoms with Gasteiger partial charge >= 0.3 is 0 Å². The van der Waals surface area contributed by atoms with Crippen molar-refractivity contribution in [1.29, 1.82) is 0 Å². The Morgan fingerprint density at radius 1 is 1.43 bits per heavy atom. The molecular formula is C17H27ClN2O3. The Balaban J connectivity index is 0.00000264. The van der Waals surface area contributed by atoms with Crippen molar-refractivity contribution in [1.82, 2.24) is 4.90 Å². The van der Waals surface area contributed by atoms with Crippen LogP contribution in [0.25, 0.3) is 0 Å². The van der Waals surface area contributed by atoms with Crippen molar-refractivity contribution in [3.63, 3.8) is 0 Å². The number of rotatable bonds is 5. The predicted octanol–water partition coefficient (Wildman–Crippen LogP) is 2.15. The van der Waals surface area contributed by atoms with Crippen molar-refractivity contribution < 1.29 is 14.3 Å². The molecular weight excluding hydrogens is 316 g/mol. The van der Waals surface area contributed by atoms with Gasteiger partial charge in [0.25, 0.3) is 0 Å². The van der Waals surface area contributed by atoms with Gasteiger partial charge in [-0.3, -0.25) is 4.79 Å². The fourth-order valence-corrected chi connectivity index (χ4v) is 2.72. The van der Waals surface area contributed by atoms with E-state index in [1.165, 1.54) is 0 Å². The van der Waals surface area contributed by atoms with Gasteiger partial charge in [0.2, 0.25) is 5.91 Å². The summed E-state index contributed by atoms with van der Waals surface area (Å²) in [5, 5.41) is 0. The standard InChI is InChI=1S/C17H26N2O3.ClH/c1-17(2)12-22-15(13-7-5-4-6-8-13)11-19(17)16(20)9-14(10-18)21-3;/h4-8,14-15H,9-12,18H2,1-3H3;1H. The molecule has 1 aromatic carbocycles. The number of carbonyl (C=O) groups is 1. The lowest BCUT2D eigenvalue weighted by atomic mass is 9.97. The second-order valence-electron chi connectivity index (χ2n) is 6.32. The monoisotopic (exact) mass is 342 g/mol. The lowest BCUT2D eigenvalue weighted by molar-refractivity contribution is -0.157. The van der Waals surface area contributed by atoms with E-state index in [0.29, 0.717) is 26.1 Å². The number of nitrogens with zero attached hydrogens (tertiary/aromatic N) is 1. The minimum absolute atomic E-state index is 0. The Morgan fingerprint density at radius 3 is 2.65 bits per heavy atom. The molecule has 1 aliphatic rings. The van der Waals surface area contributed by atoms with Gasteiger partial charge in [0.1, 0.15) is 6.10 Å². The number of nitrogens with two attached hydrogens (primary N) is 1. The molecule has 1 amide bonds. The maximum absolute atomic E-state index is 12.7. The van der Waals surface area contributed by atoms with E-state index >= 15 is 0 Å². The van der Waals surface area contributed by atoms with Crippen LogP contribution in [0.15, 0.2) is 30.3 Å². The Labute approximate surface area is 144 Å². The highest BCUT2D eigenvalue weighted by molar-refractivity contribution is 5.85. The molecule has 0 aliphatic carbocycles. The molecule has 1 saturated heterocycles. The summed E-state index contributed by atoms with van der Waals surface area (Å²) >= 11 is 0. The van der Waals surface area contributed by atoms with E-state index < -0.39 is 0 Å². The molecule has 2 unspecified atom stereocenters. The summed E-state index contributed by atoms with van der Waals surface area (Å²) in [6, 6.07) is 10.0. The van der Waals surface area contributed by atoms with Crippen molar-refractivity contribution >= 4 is 18.3 Å². The van der Waals surface area contributed by atoms with Crippen molar-refractivity contribution in [3.8, 4) is 0 Å². The summed E-state index contributed by atoms with van der Waals surface area (Å²) in [5.41, 5.74) is 6.40. The Bertz CT molecular complexity index is 492. The molecule has 0 spiro atoms. The second-order valence-corrected chi connectivity index (χ2v) is 6.32. The average Bonchev–Trinajstić information content (AvgIpc) is 2.53. The quantitative estimate of drug-likeness (QED) is 0.890. The smallest absolute Gasteiger partial charge is 0.225 e. The fourth-order valence-electron chi connectivity index (χ4n) is 2.72. The van der Waals surface area contributed by atoms with Crippen LogP contribution in [0, 0.1) is 0 Å². The molecule has 0 bridgehead atoms. The highest BCUT2D eigenvalue weighted by Gasteiger charge is 2.38. The van der Waals surface area contributed by atoms with Crippen molar-refractivity contribution in [2.24, 2.45) is 5.73 Å². The van der Waals surface area contributed by atoms with Crippen LogP contribution in [0.4, 0.5) is 0 Å².